The highest BCUT2D eigenvalue weighted by atomic mass is 79.9. The molecule has 4 rings (SSSR count). The molecule has 0 aliphatic carbocycles. The Morgan fingerprint density at radius 1 is 0.897 bits per heavy atom. The molecule has 1 saturated heterocycles. The first kappa shape index (κ1) is 19.8. The number of β-amino-alcohol motifs (C(OH)–C–C–N with tert-alkyl or cyclic N) is 1. The minimum absolute atomic E-state index is 0.117. The van der Waals surface area contributed by atoms with Crippen molar-refractivity contribution in [1.82, 2.24) is 9.80 Å². The number of aliphatic hydroxyl groups is 1. The van der Waals surface area contributed by atoms with Crippen LogP contribution in [-0.4, -0.2) is 66.1 Å². The lowest BCUT2D eigenvalue weighted by atomic mass is 10.0. The van der Waals surface area contributed by atoms with E-state index in [-0.39, 0.29) is 18.4 Å². The summed E-state index contributed by atoms with van der Waals surface area (Å²) >= 11 is 3.42. The number of carbonyl (C=O) groups excluding carboxylic acids is 2. The third-order valence-electron chi connectivity index (χ3n) is 5.29. The van der Waals surface area contributed by atoms with Crippen LogP contribution in [0.1, 0.15) is 5.56 Å². The number of aliphatic hydroxyl groups excluding tert-OH is 1. The van der Waals surface area contributed by atoms with Crippen molar-refractivity contribution in [2.75, 3.05) is 44.2 Å². The van der Waals surface area contributed by atoms with Crippen LogP contribution in [0.25, 0.3) is 5.57 Å². The van der Waals surface area contributed by atoms with Crippen LogP contribution in [0.3, 0.4) is 0 Å². The maximum Gasteiger partial charge on any atom is 0.282 e. The molecule has 0 bridgehead atoms. The molecule has 1 fully saturated rings. The third-order valence-corrected chi connectivity index (χ3v) is 5.79. The summed E-state index contributed by atoms with van der Waals surface area (Å²) in [7, 11) is 0. The van der Waals surface area contributed by atoms with Gasteiger partial charge in [0, 0.05) is 37.2 Å². The number of imide groups is 1. The Labute approximate surface area is 178 Å². The fourth-order valence-electron chi connectivity index (χ4n) is 3.86. The molecular formula is C22H22BrN3O3. The number of benzene rings is 2. The van der Waals surface area contributed by atoms with Gasteiger partial charge in [0.1, 0.15) is 5.70 Å². The van der Waals surface area contributed by atoms with Crippen LogP contribution >= 0.6 is 15.9 Å². The van der Waals surface area contributed by atoms with Crippen molar-refractivity contribution in [3.63, 3.8) is 0 Å². The van der Waals surface area contributed by atoms with Crippen LogP contribution in [0.4, 0.5) is 5.69 Å². The number of nitrogens with zero attached hydrogens (tertiary/aromatic N) is 3. The van der Waals surface area contributed by atoms with Crippen molar-refractivity contribution in [2.24, 2.45) is 0 Å². The van der Waals surface area contributed by atoms with Crippen LogP contribution in [-0.2, 0) is 9.59 Å². The van der Waals surface area contributed by atoms with E-state index >= 15 is 0 Å². The first-order valence-corrected chi connectivity index (χ1v) is 10.4. The van der Waals surface area contributed by atoms with Gasteiger partial charge in [-0.15, -0.1) is 0 Å². The summed E-state index contributed by atoms with van der Waals surface area (Å²) in [6.07, 6.45) is 0. The molecule has 2 aromatic rings. The van der Waals surface area contributed by atoms with Gasteiger partial charge in [-0.05, 0) is 23.8 Å². The molecule has 29 heavy (non-hydrogen) atoms. The molecule has 0 atom stereocenters. The summed E-state index contributed by atoms with van der Waals surface area (Å²) in [6, 6.07) is 16.6. The first-order valence-electron chi connectivity index (χ1n) is 9.62. The number of piperazine rings is 1. The van der Waals surface area contributed by atoms with E-state index in [1.54, 1.807) is 12.1 Å². The number of carbonyl (C=O) groups is 2. The highest BCUT2D eigenvalue weighted by Crippen LogP contribution is 2.35. The van der Waals surface area contributed by atoms with Gasteiger partial charge >= 0.3 is 0 Å². The fraction of sp³-hybridized carbons (Fsp3) is 0.273. The topological polar surface area (TPSA) is 64.1 Å². The molecule has 0 radical (unpaired) electrons. The maximum absolute atomic E-state index is 13.5. The SMILES string of the molecule is O=C1C(c2ccccc2)=C(N2CCN(CCO)CC2)C(=O)N1c1cccc(Br)c1. The van der Waals surface area contributed by atoms with Crippen LogP contribution in [0.5, 0.6) is 0 Å². The second-order valence-corrected chi connectivity index (χ2v) is 7.98. The van der Waals surface area contributed by atoms with Gasteiger partial charge in [0.15, 0.2) is 0 Å². The molecule has 150 valence electrons. The average Bonchev–Trinajstić information content (AvgIpc) is 2.99. The highest BCUT2D eigenvalue weighted by Gasteiger charge is 2.43. The Bertz CT molecular complexity index is 953. The summed E-state index contributed by atoms with van der Waals surface area (Å²) in [5.41, 5.74) is 2.21. The van der Waals surface area contributed by atoms with Crippen LogP contribution in [0.15, 0.2) is 64.8 Å². The van der Waals surface area contributed by atoms with Crippen molar-refractivity contribution in [1.29, 1.82) is 0 Å². The predicted octanol–water partition coefficient (Wildman–Crippen LogP) is 2.34. The van der Waals surface area contributed by atoms with Gasteiger partial charge in [-0.25, -0.2) is 4.90 Å². The largest absolute Gasteiger partial charge is 0.395 e. The summed E-state index contributed by atoms with van der Waals surface area (Å²) in [5.74, 6) is -0.588. The number of hydrogen-bond acceptors (Lipinski definition) is 5. The molecule has 2 heterocycles. The first-order chi connectivity index (χ1) is 14.1. The molecule has 0 unspecified atom stereocenters. The van der Waals surface area contributed by atoms with E-state index in [1.165, 1.54) is 4.90 Å². The number of rotatable bonds is 5. The van der Waals surface area contributed by atoms with Gasteiger partial charge in [0.25, 0.3) is 11.8 Å². The molecule has 2 aliphatic rings. The molecule has 2 aromatic carbocycles. The van der Waals surface area contributed by atoms with E-state index in [2.05, 4.69) is 20.8 Å². The van der Waals surface area contributed by atoms with Gasteiger partial charge in [-0.3, -0.25) is 14.5 Å². The summed E-state index contributed by atoms with van der Waals surface area (Å²) in [6.45, 7) is 3.49. The average molecular weight is 456 g/mol. The Balaban J connectivity index is 1.73. The third kappa shape index (κ3) is 3.85. The smallest absolute Gasteiger partial charge is 0.282 e. The molecule has 2 amide bonds. The molecule has 0 aromatic heterocycles. The maximum atomic E-state index is 13.5. The molecular weight excluding hydrogens is 434 g/mol. The van der Waals surface area contributed by atoms with E-state index in [1.807, 2.05) is 47.4 Å². The van der Waals surface area contributed by atoms with Crippen LogP contribution in [0.2, 0.25) is 0 Å². The van der Waals surface area contributed by atoms with Crippen molar-refractivity contribution < 1.29 is 14.7 Å². The van der Waals surface area contributed by atoms with E-state index in [4.69, 9.17) is 0 Å². The number of hydrogen-bond donors (Lipinski definition) is 1. The lowest BCUT2D eigenvalue weighted by Gasteiger charge is -2.36. The molecule has 1 N–H and O–H groups in total. The Morgan fingerprint density at radius 3 is 2.28 bits per heavy atom. The number of amides is 2. The standard InChI is InChI=1S/C22H22BrN3O3/c23-17-7-4-8-18(15-17)26-21(28)19(16-5-2-1-3-6-16)20(22(26)29)25-11-9-24(10-12-25)13-14-27/h1-8,15,27H,9-14H2. The van der Waals surface area contributed by atoms with Crippen molar-refractivity contribution >= 4 is 39.0 Å². The van der Waals surface area contributed by atoms with Gasteiger partial charge in [-0.1, -0.05) is 52.3 Å². The predicted molar refractivity (Wildman–Crippen MR) is 115 cm³/mol. The lowest BCUT2D eigenvalue weighted by molar-refractivity contribution is -0.120. The van der Waals surface area contributed by atoms with Gasteiger partial charge in [0.2, 0.25) is 0 Å². The van der Waals surface area contributed by atoms with E-state index < -0.39 is 0 Å². The highest BCUT2D eigenvalue weighted by molar-refractivity contribution is 9.10. The Morgan fingerprint density at radius 2 is 1.62 bits per heavy atom. The summed E-state index contributed by atoms with van der Waals surface area (Å²) in [4.78, 5) is 32.3. The van der Waals surface area contributed by atoms with Crippen molar-refractivity contribution in [2.45, 2.75) is 0 Å². The summed E-state index contributed by atoms with van der Waals surface area (Å²) < 4.78 is 0.808. The van der Waals surface area contributed by atoms with Crippen LogP contribution in [0, 0.1) is 0 Å². The Hall–Kier alpha value is -2.48. The molecule has 0 spiro atoms. The Kier molecular flexibility index (Phi) is 5.80. The second-order valence-electron chi connectivity index (χ2n) is 7.07. The zero-order valence-electron chi connectivity index (χ0n) is 15.9. The lowest BCUT2D eigenvalue weighted by Crippen LogP contribution is -2.48. The zero-order chi connectivity index (χ0) is 20.4. The van der Waals surface area contributed by atoms with Crippen molar-refractivity contribution in [3.8, 4) is 0 Å². The number of anilines is 1. The number of halogens is 1. The monoisotopic (exact) mass is 455 g/mol. The zero-order valence-corrected chi connectivity index (χ0v) is 17.5. The molecule has 7 heteroatoms. The van der Waals surface area contributed by atoms with Gasteiger partial charge in [-0.2, -0.15) is 0 Å². The van der Waals surface area contributed by atoms with E-state index in [9.17, 15) is 14.7 Å². The van der Waals surface area contributed by atoms with Gasteiger partial charge in [0.05, 0.1) is 17.9 Å². The summed E-state index contributed by atoms with van der Waals surface area (Å²) in [5, 5.41) is 9.17. The van der Waals surface area contributed by atoms with E-state index in [0.29, 0.717) is 36.6 Å². The minimum atomic E-state index is -0.299. The molecule has 2 aliphatic heterocycles. The van der Waals surface area contributed by atoms with Crippen molar-refractivity contribution in [3.05, 3.63) is 70.3 Å². The van der Waals surface area contributed by atoms with E-state index in [0.717, 1.165) is 23.1 Å². The molecule has 0 saturated carbocycles. The minimum Gasteiger partial charge on any atom is -0.395 e. The normalized spacial score (nSPS) is 18.1. The molecule has 6 nitrogen and oxygen atoms in total. The second kappa shape index (κ2) is 8.49. The fourth-order valence-corrected chi connectivity index (χ4v) is 4.25. The van der Waals surface area contributed by atoms with Crippen LogP contribution < -0.4 is 4.90 Å². The quantitative estimate of drug-likeness (QED) is 0.700. The van der Waals surface area contributed by atoms with Gasteiger partial charge < -0.3 is 10.0 Å².